The minimum atomic E-state index is -0.471. The van der Waals surface area contributed by atoms with E-state index < -0.39 is 11.9 Å². The fraction of sp³-hybridized carbons (Fsp3) is 0.105. The molecule has 0 unspecified atom stereocenters. The van der Waals surface area contributed by atoms with Gasteiger partial charge in [-0.05, 0) is 28.5 Å². The topological polar surface area (TPSA) is 68.3 Å². The molecular formula is C19H15ClN2O3. The number of carbonyl (C=O) groups excluding carboxylic acids is 2. The number of nitrogens with zero attached hydrogens (tertiary/aromatic N) is 1. The first-order valence-electron chi connectivity index (χ1n) is 7.66. The van der Waals surface area contributed by atoms with E-state index in [1.54, 1.807) is 12.1 Å². The SMILES string of the molecule is O=C(COC(=O)Cc1cccc2ccccc12)Nc1cccnc1Cl. The lowest BCUT2D eigenvalue weighted by Gasteiger charge is -2.08. The van der Waals surface area contributed by atoms with Crippen molar-refractivity contribution in [2.24, 2.45) is 0 Å². The van der Waals surface area contributed by atoms with E-state index in [9.17, 15) is 9.59 Å². The van der Waals surface area contributed by atoms with E-state index >= 15 is 0 Å². The largest absolute Gasteiger partial charge is 0.455 e. The number of pyridine rings is 1. The maximum absolute atomic E-state index is 12.0. The van der Waals surface area contributed by atoms with Crippen molar-refractivity contribution in [2.45, 2.75) is 6.42 Å². The number of esters is 1. The van der Waals surface area contributed by atoms with Crippen molar-refractivity contribution in [3.8, 4) is 0 Å². The zero-order chi connectivity index (χ0) is 17.6. The van der Waals surface area contributed by atoms with E-state index in [1.807, 2.05) is 42.5 Å². The summed E-state index contributed by atoms with van der Waals surface area (Å²) in [5.74, 6) is -0.940. The summed E-state index contributed by atoms with van der Waals surface area (Å²) in [6, 6.07) is 16.8. The molecule has 1 heterocycles. The summed E-state index contributed by atoms with van der Waals surface area (Å²) in [5, 5.41) is 4.77. The second-order valence-corrected chi connectivity index (χ2v) is 5.72. The van der Waals surface area contributed by atoms with Crippen LogP contribution in [0.5, 0.6) is 0 Å². The molecule has 1 amide bonds. The molecule has 6 heteroatoms. The molecule has 0 atom stereocenters. The number of rotatable bonds is 5. The van der Waals surface area contributed by atoms with Gasteiger partial charge < -0.3 is 10.1 Å². The summed E-state index contributed by atoms with van der Waals surface area (Å²) in [7, 11) is 0. The molecule has 0 spiro atoms. The normalized spacial score (nSPS) is 10.4. The van der Waals surface area contributed by atoms with Gasteiger partial charge in [0.1, 0.15) is 0 Å². The molecule has 0 saturated heterocycles. The van der Waals surface area contributed by atoms with Gasteiger partial charge in [-0.1, -0.05) is 54.1 Å². The summed E-state index contributed by atoms with van der Waals surface area (Å²) in [4.78, 5) is 27.8. The van der Waals surface area contributed by atoms with Crippen LogP contribution in [-0.2, 0) is 20.7 Å². The van der Waals surface area contributed by atoms with E-state index in [0.29, 0.717) is 5.69 Å². The summed E-state index contributed by atoms with van der Waals surface area (Å²) in [6.07, 6.45) is 1.62. The van der Waals surface area contributed by atoms with Gasteiger partial charge in [-0.25, -0.2) is 4.98 Å². The molecule has 1 N–H and O–H groups in total. The molecule has 0 fully saturated rings. The first-order chi connectivity index (χ1) is 12.1. The maximum Gasteiger partial charge on any atom is 0.310 e. The smallest absolute Gasteiger partial charge is 0.310 e. The number of anilines is 1. The van der Waals surface area contributed by atoms with E-state index in [1.165, 1.54) is 6.20 Å². The van der Waals surface area contributed by atoms with Crippen LogP contribution >= 0.6 is 11.6 Å². The lowest BCUT2D eigenvalue weighted by atomic mass is 10.0. The lowest BCUT2D eigenvalue weighted by molar-refractivity contribution is -0.146. The number of amides is 1. The van der Waals surface area contributed by atoms with Crippen LogP contribution in [-0.4, -0.2) is 23.5 Å². The third-order valence-corrected chi connectivity index (χ3v) is 3.91. The van der Waals surface area contributed by atoms with Gasteiger partial charge in [0, 0.05) is 6.20 Å². The van der Waals surface area contributed by atoms with Crippen molar-refractivity contribution in [2.75, 3.05) is 11.9 Å². The highest BCUT2D eigenvalue weighted by Crippen LogP contribution is 2.19. The molecular weight excluding hydrogens is 340 g/mol. The predicted octanol–water partition coefficient (Wildman–Crippen LogP) is 3.61. The van der Waals surface area contributed by atoms with Crippen LogP contribution in [0.4, 0.5) is 5.69 Å². The molecule has 3 aromatic rings. The maximum atomic E-state index is 12.0. The zero-order valence-corrected chi connectivity index (χ0v) is 14.0. The van der Waals surface area contributed by atoms with Gasteiger partial charge in [0.05, 0.1) is 12.1 Å². The average Bonchev–Trinajstić information content (AvgIpc) is 2.62. The summed E-state index contributed by atoms with van der Waals surface area (Å²) in [6.45, 7) is -0.380. The molecule has 2 aromatic carbocycles. The number of fused-ring (bicyclic) bond motifs is 1. The number of hydrogen-bond donors (Lipinski definition) is 1. The number of nitrogens with one attached hydrogen (secondary N) is 1. The highest BCUT2D eigenvalue weighted by Gasteiger charge is 2.12. The van der Waals surface area contributed by atoms with Crippen LogP contribution in [0.15, 0.2) is 60.8 Å². The van der Waals surface area contributed by atoms with Gasteiger partial charge in [0.25, 0.3) is 5.91 Å². The Morgan fingerprint density at radius 2 is 1.84 bits per heavy atom. The second kappa shape index (κ2) is 7.77. The second-order valence-electron chi connectivity index (χ2n) is 5.37. The van der Waals surface area contributed by atoms with Crippen molar-refractivity contribution >= 4 is 39.9 Å². The van der Waals surface area contributed by atoms with Crippen molar-refractivity contribution in [1.29, 1.82) is 0 Å². The van der Waals surface area contributed by atoms with Crippen molar-refractivity contribution in [1.82, 2.24) is 4.98 Å². The minimum absolute atomic E-state index is 0.0995. The van der Waals surface area contributed by atoms with Crippen LogP contribution in [0, 0.1) is 0 Å². The van der Waals surface area contributed by atoms with Gasteiger partial charge in [-0.3, -0.25) is 9.59 Å². The molecule has 0 radical (unpaired) electrons. The van der Waals surface area contributed by atoms with Gasteiger partial charge in [0.15, 0.2) is 11.8 Å². The minimum Gasteiger partial charge on any atom is -0.455 e. The Kier molecular flexibility index (Phi) is 5.26. The van der Waals surface area contributed by atoms with Crippen LogP contribution in [0.3, 0.4) is 0 Å². The number of halogens is 1. The Bertz CT molecular complexity index is 922. The van der Waals surface area contributed by atoms with E-state index in [4.69, 9.17) is 16.3 Å². The highest BCUT2D eigenvalue weighted by atomic mass is 35.5. The Labute approximate surface area is 149 Å². The molecule has 0 bridgehead atoms. The summed E-state index contributed by atoms with van der Waals surface area (Å²) >= 11 is 5.86. The molecule has 3 rings (SSSR count). The number of ether oxygens (including phenoxy) is 1. The average molecular weight is 355 g/mol. The van der Waals surface area contributed by atoms with Gasteiger partial charge >= 0.3 is 5.97 Å². The van der Waals surface area contributed by atoms with E-state index in [2.05, 4.69) is 10.3 Å². The third-order valence-electron chi connectivity index (χ3n) is 3.61. The molecule has 0 aliphatic heterocycles. The summed E-state index contributed by atoms with van der Waals surface area (Å²) < 4.78 is 5.05. The number of hydrogen-bond acceptors (Lipinski definition) is 4. The first-order valence-corrected chi connectivity index (χ1v) is 8.04. The van der Waals surface area contributed by atoms with Crippen molar-refractivity contribution < 1.29 is 14.3 Å². The fourth-order valence-corrected chi connectivity index (χ4v) is 2.63. The number of aromatic nitrogens is 1. The van der Waals surface area contributed by atoms with Crippen LogP contribution in [0.1, 0.15) is 5.56 Å². The molecule has 25 heavy (non-hydrogen) atoms. The molecule has 5 nitrogen and oxygen atoms in total. The van der Waals surface area contributed by atoms with Crippen LogP contribution < -0.4 is 5.32 Å². The lowest BCUT2D eigenvalue weighted by Crippen LogP contribution is -2.22. The van der Waals surface area contributed by atoms with Crippen molar-refractivity contribution in [3.05, 3.63) is 71.5 Å². The Morgan fingerprint density at radius 1 is 1.04 bits per heavy atom. The number of benzene rings is 2. The fourth-order valence-electron chi connectivity index (χ4n) is 2.46. The predicted molar refractivity (Wildman–Crippen MR) is 96.5 cm³/mol. The van der Waals surface area contributed by atoms with E-state index in [-0.39, 0.29) is 18.2 Å². The third kappa shape index (κ3) is 4.33. The molecule has 0 aliphatic rings. The molecule has 0 saturated carbocycles. The van der Waals surface area contributed by atoms with E-state index in [0.717, 1.165) is 16.3 Å². The first kappa shape index (κ1) is 16.9. The summed E-state index contributed by atoms with van der Waals surface area (Å²) in [5.41, 5.74) is 1.23. The molecule has 126 valence electrons. The van der Waals surface area contributed by atoms with Crippen LogP contribution in [0.2, 0.25) is 5.15 Å². The Morgan fingerprint density at radius 3 is 2.68 bits per heavy atom. The quantitative estimate of drug-likeness (QED) is 0.561. The monoisotopic (exact) mass is 354 g/mol. The zero-order valence-electron chi connectivity index (χ0n) is 13.2. The van der Waals surface area contributed by atoms with Gasteiger partial charge in [-0.2, -0.15) is 0 Å². The van der Waals surface area contributed by atoms with Gasteiger partial charge in [0.2, 0.25) is 0 Å². The molecule has 1 aromatic heterocycles. The Balaban J connectivity index is 1.57. The standard InChI is InChI=1S/C19H15ClN2O3/c20-19-16(9-4-10-21-19)22-17(23)12-25-18(24)11-14-7-3-6-13-5-1-2-8-15(13)14/h1-10H,11-12H2,(H,22,23). The Hall–Kier alpha value is -2.92. The highest BCUT2D eigenvalue weighted by molar-refractivity contribution is 6.32. The number of carbonyl (C=O) groups is 2. The molecule has 0 aliphatic carbocycles. The van der Waals surface area contributed by atoms with Gasteiger partial charge in [-0.15, -0.1) is 0 Å². The van der Waals surface area contributed by atoms with Crippen molar-refractivity contribution in [3.63, 3.8) is 0 Å². The van der Waals surface area contributed by atoms with Crippen LogP contribution in [0.25, 0.3) is 10.8 Å².